The Labute approximate surface area is 163 Å². The van der Waals surface area contributed by atoms with Gasteiger partial charge in [-0.05, 0) is 52.6 Å². The van der Waals surface area contributed by atoms with E-state index in [1.165, 1.54) is 70.3 Å². The minimum absolute atomic E-state index is 0.553. The molecule has 1 saturated heterocycles. The molecule has 1 aliphatic heterocycles. The van der Waals surface area contributed by atoms with Crippen molar-refractivity contribution < 1.29 is 0 Å². The lowest BCUT2D eigenvalue weighted by Gasteiger charge is -2.37. The number of rotatable bonds is 5. The van der Waals surface area contributed by atoms with Gasteiger partial charge < -0.3 is 14.0 Å². The van der Waals surface area contributed by atoms with E-state index >= 15 is 0 Å². The van der Waals surface area contributed by atoms with Crippen molar-refractivity contribution in [3.8, 4) is 0 Å². The maximum absolute atomic E-state index is 4.63. The molecule has 2 aliphatic rings. The Morgan fingerprint density at radius 1 is 1.00 bits per heavy atom. The number of nitrogens with zero attached hydrogens (tertiary/aromatic N) is 6. The van der Waals surface area contributed by atoms with Gasteiger partial charge in [-0.25, -0.2) is 4.98 Å². The van der Waals surface area contributed by atoms with Crippen LogP contribution in [0.2, 0.25) is 0 Å². The summed E-state index contributed by atoms with van der Waals surface area (Å²) in [7, 11) is 0. The van der Waals surface area contributed by atoms with Crippen molar-refractivity contribution in [3.63, 3.8) is 0 Å². The fourth-order valence-corrected chi connectivity index (χ4v) is 4.98. The lowest BCUT2D eigenvalue weighted by atomic mass is 9.93. The predicted octanol–water partition coefficient (Wildman–Crippen LogP) is 3.75. The minimum Gasteiger partial charge on any atom is -0.328 e. The SMILES string of the molecule is CCn1c(Cn2ccnc2C)nnc1C1CCN(C2CCCCCC2)CC1. The number of piperidine rings is 1. The first-order valence-corrected chi connectivity index (χ1v) is 10.9. The van der Waals surface area contributed by atoms with Crippen LogP contribution in [0.4, 0.5) is 0 Å². The highest BCUT2D eigenvalue weighted by Crippen LogP contribution is 2.31. The second-order valence-corrected chi connectivity index (χ2v) is 8.28. The average Bonchev–Trinajstić information content (AvgIpc) is 3.18. The molecule has 0 aromatic carbocycles. The summed E-state index contributed by atoms with van der Waals surface area (Å²) < 4.78 is 4.49. The van der Waals surface area contributed by atoms with Gasteiger partial charge in [0.25, 0.3) is 0 Å². The first-order chi connectivity index (χ1) is 13.3. The molecule has 0 bridgehead atoms. The fourth-order valence-electron chi connectivity index (χ4n) is 4.98. The summed E-state index contributed by atoms with van der Waals surface area (Å²) >= 11 is 0. The summed E-state index contributed by atoms with van der Waals surface area (Å²) in [4.78, 5) is 7.09. The molecule has 0 amide bonds. The standard InChI is InChI=1S/C21H34N6/c1-3-27-20(16-26-15-12-22-17(26)2)23-24-21(27)18-10-13-25(14-11-18)19-8-6-4-5-7-9-19/h12,15,18-19H,3-11,13-14,16H2,1-2H3. The predicted molar refractivity (Wildman–Crippen MR) is 107 cm³/mol. The van der Waals surface area contributed by atoms with E-state index in [0.717, 1.165) is 30.8 Å². The van der Waals surface area contributed by atoms with Gasteiger partial charge in [-0.3, -0.25) is 0 Å². The largest absolute Gasteiger partial charge is 0.328 e. The van der Waals surface area contributed by atoms with Gasteiger partial charge >= 0.3 is 0 Å². The zero-order valence-electron chi connectivity index (χ0n) is 17.0. The zero-order chi connectivity index (χ0) is 18.6. The van der Waals surface area contributed by atoms with Crippen molar-refractivity contribution in [2.45, 2.75) is 90.3 Å². The number of imidazole rings is 1. The molecule has 0 atom stereocenters. The minimum atomic E-state index is 0.553. The Hall–Kier alpha value is -1.69. The molecule has 3 heterocycles. The van der Waals surface area contributed by atoms with E-state index in [2.05, 4.69) is 36.1 Å². The van der Waals surface area contributed by atoms with Gasteiger partial charge in [0.15, 0.2) is 5.82 Å². The summed E-state index contributed by atoms with van der Waals surface area (Å²) in [5.74, 6) is 3.83. The average molecular weight is 371 g/mol. The van der Waals surface area contributed by atoms with Crippen molar-refractivity contribution in [2.24, 2.45) is 0 Å². The molecule has 6 nitrogen and oxygen atoms in total. The van der Waals surface area contributed by atoms with Crippen LogP contribution in [0.3, 0.4) is 0 Å². The molecule has 2 aromatic heterocycles. The maximum Gasteiger partial charge on any atom is 0.153 e. The van der Waals surface area contributed by atoms with Crippen LogP contribution < -0.4 is 0 Å². The van der Waals surface area contributed by atoms with Crippen molar-refractivity contribution in [2.75, 3.05) is 13.1 Å². The van der Waals surface area contributed by atoms with Crippen LogP contribution in [0, 0.1) is 6.92 Å². The highest BCUT2D eigenvalue weighted by Gasteiger charge is 2.29. The van der Waals surface area contributed by atoms with Gasteiger partial charge in [0.05, 0.1) is 6.54 Å². The Morgan fingerprint density at radius 2 is 1.74 bits per heavy atom. The Bertz CT molecular complexity index is 717. The Balaban J connectivity index is 1.41. The zero-order valence-corrected chi connectivity index (χ0v) is 17.0. The van der Waals surface area contributed by atoms with Crippen molar-refractivity contribution >= 4 is 0 Å². The van der Waals surface area contributed by atoms with E-state index in [1.807, 2.05) is 19.3 Å². The topological polar surface area (TPSA) is 51.8 Å². The first kappa shape index (κ1) is 18.7. The lowest BCUT2D eigenvalue weighted by Crippen LogP contribution is -2.41. The van der Waals surface area contributed by atoms with Crippen LogP contribution >= 0.6 is 0 Å². The second kappa shape index (κ2) is 8.55. The molecule has 0 radical (unpaired) electrons. The summed E-state index contributed by atoms with van der Waals surface area (Å²) in [5.41, 5.74) is 0. The maximum atomic E-state index is 4.63. The third-order valence-corrected chi connectivity index (χ3v) is 6.64. The van der Waals surface area contributed by atoms with Crippen LogP contribution in [-0.4, -0.2) is 48.3 Å². The van der Waals surface area contributed by atoms with Crippen LogP contribution in [0.1, 0.15) is 81.7 Å². The van der Waals surface area contributed by atoms with E-state index in [1.54, 1.807) is 0 Å². The second-order valence-electron chi connectivity index (χ2n) is 8.28. The van der Waals surface area contributed by atoms with E-state index < -0.39 is 0 Å². The third-order valence-electron chi connectivity index (χ3n) is 6.64. The summed E-state index contributed by atoms with van der Waals surface area (Å²) in [6.45, 7) is 8.39. The van der Waals surface area contributed by atoms with Crippen molar-refractivity contribution in [3.05, 3.63) is 29.9 Å². The molecular formula is C21H34N6. The molecular weight excluding hydrogens is 336 g/mol. The van der Waals surface area contributed by atoms with Crippen LogP contribution in [0.5, 0.6) is 0 Å². The van der Waals surface area contributed by atoms with E-state index in [0.29, 0.717) is 5.92 Å². The number of hydrogen-bond acceptors (Lipinski definition) is 4. The molecule has 2 aromatic rings. The molecule has 148 valence electrons. The molecule has 1 aliphatic carbocycles. The quantitative estimate of drug-likeness (QED) is 0.752. The van der Waals surface area contributed by atoms with Gasteiger partial charge in [-0.2, -0.15) is 0 Å². The molecule has 0 unspecified atom stereocenters. The highest BCUT2D eigenvalue weighted by atomic mass is 15.3. The number of hydrogen-bond donors (Lipinski definition) is 0. The third kappa shape index (κ3) is 4.10. The first-order valence-electron chi connectivity index (χ1n) is 10.9. The number of aromatic nitrogens is 5. The van der Waals surface area contributed by atoms with E-state index in [-0.39, 0.29) is 0 Å². The molecule has 1 saturated carbocycles. The van der Waals surface area contributed by atoms with Crippen molar-refractivity contribution in [1.82, 2.24) is 29.2 Å². The summed E-state index contributed by atoms with van der Waals surface area (Å²) in [6.07, 6.45) is 14.8. The Morgan fingerprint density at radius 3 is 2.37 bits per heavy atom. The lowest BCUT2D eigenvalue weighted by molar-refractivity contribution is 0.136. The number of likely N-dealkylation sites (tertiary alicyclic amines) is 1. The van der Waals surface area contributed by atoms with E-state index in [9.17, 15) is 0 Å². The van der Waals surface area contributed by atoms with Crippen LogP contribution in [0.25, 0.3) is 0 Å². The van der Waals surface area contributed by atoms with E-state index in [4.69, 9.17) is 0 Å². The highest BCUT2D eigenvalue weighted by molar-refractivity contribution is 5.06. The van der Waals surface area contributed by atoms with Crippen LogP contribution in [0.15, 0.2) is 12.4 Å². The normalized spacial score (nSPS) is 20.8. The van der Waals surface area contributed by atoms with Gasteiger partial charge in [0, 0.05) is 30.9 Å². The summed E-state index contributed by atoms with van der Waals surface area (Å²) in [5, 5.41) is 9.18. The molecule has 4 rings (SSSR count). The smallest absolute Gasteiger partial charge is 0.153 e. The summed E-state index contributed by atoms with van der Waals surface area (Å²) in [6, 6.07) is 0.831. The van der Waals surface area contributed by atoms with Gasteiger partial charge in [0.2, 0.25) is 0 Å². The molecule has 0 spiro atoms. The van der Waals surface area contributed by atoms with Crippen LogP contribution in [-0.2, 0) is 13.1 Å². The molecule has 0 N–H and O–H groups in total. The monoisotopic (exact) mass is 370 g/mol. The number of aryl methyl sites for hydroxylation is 1. The van der Waals surface area contributed by atoms with Crippen molar-refractivity contribution in [1.29, 1.82) is 0 Å². The van der Waals surface area contributed by atoms with Gasteiger partial charge in [-0.1, -0.05) is 25.7 Å². The Kier molecular flexibility index (Phi) is 5.91. The fraction of sp³-hybridized carbons (Fsp3) is 0.762. The molecule has 2 fully saturated rings. The molecule has 27 heavy (non-hydrogen) atoms. The van der Waals surface area contributed by atoms with Gasteiger partial charge in [-0.15, -0.1) is 10.2 Å². The van der Waals surface area contributed by atoms with Gasteiger partial charge in [0.1, 0.15) is 11.6 Å². The molecule has 6 heteroatoms.